The maximum absolute atomic E-state index is 13.4. The first-order chi connectivity index (χ1) is 8.25. The van der Waals surface area contributed by atoms with Crippen molar-refractivity contribution in [2.75, 3.05) is 0 Å². The van der Waals surface area contributed by atoms with Gasteiger partial charge >= 0.3 is 0 Å². The van der Waals surface area contributed by atoms with E-state index < -0.39 is 36.0 Å². The Bertz CT molecular complexity index is 413. The minimum absolute atomic E-state index is 0.106. The molecule has 0 spiro atoms. The highest BCUT2D eigenvalue weighted by molar-refractivity contribution is 5.96. The van der Waals surface area contributed by atoms with E-state index in [1.165, 1.54) is 26.0 Å². The summed E-state index contributed by atoms with van der Waals surface area (Å²) in [5.74, 6) is -5.54. The zero-order chi connectivity index (χ0) is 13.9. The minimum atomic E-state index is -3.32. The number of aliphatic hydroxyl groups excluding tert-OH is 1. The van der Waals surface area contributed by atoms with E-state index in [-0.39, 0.29) is 5.56 Å². The zero-order valence-electron chi connectivity index (χ0n) is 10.2. The molecule has 0 bridgehead atoms. The first-order valence-corrected chi connectivity index (χ1v) is 5.59. The predicted octanol–water partition coefficient (Wildman–Crippen LogP) is 3.05. The van der Waals surface area contributed by atoms with Gasteiger partial charge in [-0.25, -0.2) is 13.2 Å². The molecule has 0 aliphatic carbocycles. The van der Waals surface area contributed by atoms with Gasteiger partial charge in [0, 0.05) is 17.9 Å². The van der Waals surface area contributed by atoms with Crippen LogP contribution in [0, 0.1) is 11.7 Å². The molecule has 100 valence electrons. The normalized spacial score (nSPS) is 13.7. The SMILES string of the molecule is CC(C)C(F)(F)C(O)CC(=O)c1ccc(F)cc1. The van der Waals surface area contributed by atoms with E-state index in [4.69, 9.17) is 0 Å². The second kappa shape index (κ2) is 5.52. The molecular weight excluding hydrogens is 245 g/mol. The van der Waals surface area contributed by atoms with Crippen LogP contribution in [0.4, 0.5) is 13.2 Å². The van der Waals surface area contributed by atoms with Gasteiger partial charge in [0.1, 0.15) is 11.9 Å². The molecule has 0 heterocycles. The number of rotatable bonds is 5. The average Bonchev–Trinajstić information content (AvgIpc) is 2.29. The van der Waals surface area contributed by atoms with E-state index in [0.717, 1.165) is 12.1 Å². The zero-order valence-corrected chi connectivity index (χ0v) is 10.2. The molecule has 5 heteroatoms. The maximum Gasteiger partial charge on any atom is 0.276 e. The number of benzene rings is 1. The summed E-state index contributed by atoms with van der Waals surface area (Å²) >= 11 is 0. The van der Waals surface area contributed by atoms with Gasteiger partial charge in [-0.1, -0.05) is 13.8 Å². The van der Waals surface area contributed by atoms with Gasteiger partial charge in [-0.2, -0.15) is 0 Å². The van der Waals surface area contributed by atoms with E-state index in [9.17, 15) is 23.1 Å². The lowest BCUT2D eigenvalue weighted by molar-refractivity contribution is -0.137. The number of hydrogen-bond acceptors (Lipinski definition) is 2. The third-order valence-electron chi connectivity index (χ3n) is 2.76. The van der Waals surface area contributed by atoms with Crippen LogP contribution in [0.15, 0.2) is 24.3 Å². The van der Waals surface area contributed by atoms with Crippen LogP contribution < -0.4 is 0 Å². The largest absolute Gasteiger partial charge is 0.386 e. The van der Waals surface area contributed by atoms with Crippen LogP contribution in [0.25, 0.3) is 0 Å². The van der Waals surface area contributed by atoms with Gasteiger partial charge in [0.05, 0.1) is 0 Å². The molecule has 0 fully saturated rings. The standard InChI is InChI=1S/C13H15F3O2/c1-8(2)13(15,16)12(18)7-11(17)9-3-5-10(14)6-4-9/h3-6,8,12,18H,7H2,1-2H3. The Balaban J connectivity index is 2.73. The number of alkyl halides is 2. The quantitative estimate of drug-likeness (QED) is 0.826. The highest BCUT2D eigenvalue weighted by Crippen LogP contribution is 2.30. The molecule has 1 aromatic carbocycles. The molecule has 1 N–H and O–H groups in total. The molecule has 0 aromatic heterocycles. The van der Waals surface area contributed by atoms with Crippen molar-refractivity contribution in [1.29, 1.82) is 0 Å². The van der Waals surface area contributed by atoms with Crippen LogP contribution in [0.5, 0.6) is 0 Å². The van der Waals surface area contributed by atoms with Gasteiger partial charge < -0.3 is 5.11 Å². The molecule has 0 radical (unpaired) electrons. The van der Waals surface area contributed by atoms with Crippen molar-refractivity contribution in [2.45, 2.75) is 32.3 Å². The molecule has 18 heavy (non-hydrogen) atoms. The van der Waals surface area contributed by atoms with Crippen LogP contribution in [0.3, 0.4) is 0 Å². The third kappa shape index (κ3) is 3.32. The van der Waals surface area contributed by atoms with Crippen LogP contribution in [0.2, 0.25) is 0 Å². The Morgan fingerprint density at radius 3 is 2.22 bits per heavy atom. The summed E-state index contributed by atoms with van der Waals surface area (Å²) in [6.07, 6.45) is -2.72. The van der Waals surface area contributed by atoms with Crippen LogP contribution in [-0.4, -0.2) is 22.9 Å². The van der Waals surface area contributed by atoms with Gasteiger partial charge in [-0.3, -0.25) is 4.79 Å². The van der Waals surface area contributed by atoms with Gasteiger partial charge in [-0.15, -0.1) is 0 Å². The number of Topliss-reactive ketones (excluding diaryl/α,β-unsaturated/α-hetero) is 1. The molecule has 0 aliphatic heterocycles. The number of ketones is 1. The summed E-state index contributed by atoms with van der Waals surface area (Å²) in [4.78, 5) is 11.6. The molecule has 0 aliphatic rings. The van der Waals surface area contributed by atoms with Crippen molar-refractivity contribution in [2.24, 2.45) is 5.92 Å². The molecule has 1 atom stereocenters. The highest BCUT2D eigenvalue weighted by atomic mass is 19.3. The second-order valence-electron chi connectivity index (χ2n) is 4.48. The van der Waals surface area contributed by atoms with Gasteiger partial charge in [0.25, 0.3) is 5.92 Å². The number of carbonyl (C=O) groups is 1. The summed E-state index contributed by atoms with van der Waals surface area (Å²) in [6, 6.07) is 4.55. The molecule has 0 saturated carbocycles. The lowest BCUT2D eigenvalue weighted by Crippen LogP contribution is -2.39. The molecular formula is C13H15F3O2. The summed E-state index contributed by atoms with van der Waals surface area (Å²) in [5, 5.41) is 9.39. The molecule has 0 saturated heterocycles. The average molecular weight is 260 g/mol. The van der Waals surface area contributed by atoms with Crippen molar-refractivity contribution in [1.82, 2.24) is 0 Å². The molecule has 0 amide bonds. The number of halogens is 3. The van der Waals surface area contributed by atoms with Crippen LogP contribution in [0.1, 0.15) is 30.6 Å². The van der Waals surface area contributed by atoms with E-state index in [2.05, 4.69) is 0 Å². The Kier molecular flexibility index (Phi) is 4.51. The maximum atomic E-state index is 13.4. The summed E-state index contributed by atoms with van der Waals surface area (Å²) in [6.45, 7) is 2.54. The summed E-state index contributed by atoms with van der Waals surface area (Å²) in [5.41, 5.74) is 0.106. The van der Waals surface area contributed by atoms with Gasteiger partial charge in [-0.05, 0) is 24.3 Å². The van der Waals surface area contributed by atoms with Gasteiger partial charge in [0.2, 0.25) is 0 Å². The first-order valence-electron chi connectivity index (χ1n) is 5.59. The Hall–Kier alpha value is -1.36. The smallest absolute Gasteiger partial charge is 0.276 e. The molecule has 2 nitrogen and oxygen atoms in total. The van der Waals surface area contributed by atoms with E-state index >= 15 is 0 Å². The molecule has 1 rings (SSSR count). The number of hydrogen-bond donors (Lipinski definition) is 1. The van der Waals surface area contributed by atoms with Crippen LogP contribution in [-0.2, 0) is 0 Å². The lowest BCUT2D eigenvalue weighted by atomic mass is 9.95. The highest BCUT2D eigenvalue weighted by Gasteiger charge is 2.42. The fourth-order valence-electron chi connectivity index (χ4n) is 1.45. The first kappa shape index (κ1) is 14.7. The fraction of sp³-hybridized carbons (Fsp3) is 0.462. The van der Waals surface area contributed by atoms with E-state index in [1.54, 1.807) is 0 Å². The predicted molar refractivity (Wildman–Crippen MR) is 61.1 cm³/mol. The number of aliphatic hydroxyl groups is 1. The Morgan fingerprint density at radius 2 is 1.78 bits per heavy atom. The van der Waals surface area contributed by atoms with Crippen molar-refractivity contribution < 1.29 is 23.1 Å². The summed E-state index contributed by atoms with van der Waals surface area (Å²) < 4.78 is 39.5. The second-order valence-corrected chi connectivity index (χ2v) is 4.48. The Morgan fingerprint density at radius 1 is 1.28 bits per heavy atom. The van der Waals surface area contributed by atoms with Crippen molar-refractivity contribution in [3.63, 3.8) is 0 Å². The topological polar surface area (TPSA) is 37.3 Å². The minimum Gasteiger partial charge on any atom is -0.386 e. The fourth-order valence-corrected chi connectivity index (χ4v) is 1.45. The van der Waals surface area contributed by atoms with E-state index in [0.29, 0.717) is 0 Å². The van der Waals surface area contributed by atoms with Gasteiger partial charge in [0.15, 0.2) is 5.78 Å². The Labute approximate surface area is 103 Å². The summed E-state index contributed by atoms with van der Waals surface area (Å²) in [7, 11) is 0. The van der Waals surface area contributed by atoms with Crippen molar-refractivity contribution in [3.05, 3.63) is 35.6 Å². The molecule has 1 unspecified atom stereocenters. The van der Waals surface area contributed by atoms with Crippen LogP contribution >= 0.6 is 0 Å². The van der Waals surface area contributed by atoms with E-state index in [1.807, 2.05) is 0 Å². The third-order valence-corrected chi connectivity index (χ3v) is 2.76. The van der Waals surface area contributed by atoms with Crippen molar-refractivity contribution in [3.8, 4) is 0 Å². The monoisotopic (exact) mass is 260 g/mol. The van der Waals surface area contributed by atoms with Crippen molar-refractivity contribution >= 4 is 5.78 Å². The lowest BCUT2D eigenvalue weighted by Gasteiger charge is -2.25. The molecule has 1 aromatic rings. The number of carbonyl (C=O) groups excluding carboxylic acids is 1.